The van der Waals surface area contributed by atoms with Gasteiger partial charge >= 0.3 is 0 Å². The third kappa shape index (κ3) is 4.68. The van der Waals surface area contributed by atoms with Gasteiger partial charge in [-0.2, -0.15) is 0 Å². The zero-order valence-corrected chi connectivity index (χ0v) is 15.8. The predicted molar refractivity (Wildman–Crippen MR) is 104 cm³/mol. The van der Waals surface area contributed by atoms with Crippen molar-refractivity contribution in [1.29, 1.82) is 10.8 Å². The second-order valence-corrected chi connectivity index (χ2v) is 6.96. The minimum Gasteiger partial charge on any atom is -0.425 e. The zero-order valence-electron chi connectivity index (χ0n) is 15.8. The van der Waals surface area contributed by atoms with E-state index >= 15 is 0 Å². The summed E-state index contributed by atoms with van der Waals surface area (Å²) in [5.74, 6) is -1.32. The lowest BCUT2D eigenvalue weighted by molar-refractivity contribution is -0.179. The molecule has 1 saturated heterocycles. The van der Waals surface area contributed by atoms with Gasteiger partial charge < -0.3 is 24.8 Å². The Labute approximate surface area is 167 Å². The highest BCUT2D eigenvalue weighted by molar-refractivity contribution is 5.99. The van der Waals surface area contributed by atoms with Gasteiger partial charge in [0.1, 0.15) is 18.0 Å². The maximum atomic E-state index is 14.5. The number of halogens is 1. The van der Waals surface area contributed by atoms with Crippen LogP contribution in [0, 0.1) is 16.6 Å². The fourth-order valence-corrected chi connectivity index (χ4v) is 3.33. The Kier molecular flexibility index (Phi) is 6.39. The quantitative estimate of drug-likeness (QED) is 0.396. The average Bonchev–Trinajstić information content (AvgIpc) is 2.69. The summed E-state index contributed by atoms with van der Waals surface area (Å²) in [4.78, 5) is 0. The van der Waals surface area contributed by atoms with Gasteiger partial charge in [-0.15, -0.1) is 0 Å². The van der Waals surface area contributed by atoms with Crippen molar-refractivity contribution in [3.8, 4) is 11.1 Å². The van der Waals surface area contributed by atoms with Crippen molar-refractivity contribution in [2.24, 2.45) is 0 Å². The minimum absolute atomic E-state index is 0.0588. The van der Waals surface area contributed by atoms with Gasteiger partial charge in [0.2, 0.25) is 5.90 Å². The fraction of sp³-hybridized carbons (Fsp3) is 0.333. The van der Waals surface area contributed by atoms with Gasteiger partial charge in [-0.05, 0) is 34.9 Å². The molecule has 29 heavy (non-hydrogen) atoms. The Morgan fingerprint density at radius 3 is 2.55 bits per heavy atom. The molecule has 0 amide bonds. The molecular formula is C21H23FN2O5. The van der Waals surface area contributed by atoms with Crippen molar-refractivity contribution in [1.82, 2.24) is 0 Å². The maximum absolute atomic E-state index is 14.5. The van der Waals surface area contributed by atoms with Crippen LogP contribution in [0.15, 0.2) is 42.5 Å². The summed E-state index contributed by atoms with van der Waals surface area (Å²) in [6.07, 6.45) is -3.42. The normalized spacial score (nSPS) is 24.2. The van der Waals surface area contributed by atoms with E-state index in [9.17, 15) is 19.7 Å². The summed E-state index contributed by atoms with van der Waals surface area (Å²) >= 11 is 0. The van der Waals surface area contributed by atoms with Gasteiger partial charge in [0.15, 0.2) is 5.90 Å². The number of ether oxygens (including phenoxy) is 2. The van der Waals surface area contributed by atoms with Crippen molar-refractivity contribution in [3.63, 3.8) is 0 Å². The second kappa shape index (κ2) is 8.79. The van der Waals surface area contributed by atoms with Crippen LogP contribution in [0.5, 0.6) is 0 Å². The van der Waals surface area contributed by atoms with E-state index in [1.807, 2.05) is 0 Å². The molecule has 1 heterocycles. The molecule has 3 rings (SSSR count). The van der Waals surface area contributed by atoms with Gasteiger partial charge in [-0.25, -0.2) is 4.39 Å². The van der Waals surface area contributed by atoms with E-state index in [2.05, 4.69) is 0 Å². The smallest absolute Gasteiger partial charge is 0.223 e. The summed E-state index contributed by atoms with van der Waals surface area (Å²) in [6, 6.07) is 11.2. The summed E-state index contributed by atoms with van der Waals surface area (Å²) in [6.45, 7) is 1.09. The molecule has 1 fully saturated rings. The Bertz CT molecular complexity index is 920. The van der Waals surface area contributed by atoms with Gasteiger partial charge in [0, 0.05) is 13.3 Å². The Morgan fingerprint density at radius 2 is 1.90 bits per heavy atom. The van der Waals surface area contributed by atoms with Crippen molar-refractivity contribution in [2.45, 2.75) is 37.8 Å². The Morgan fingerprint density at radius 1 is 1.17 bits per heavy atom. The number of hydrogen-bond acceptors (Lipinski definition) is 7. The number of nitrogens with one attached hydrogen (secondary N) is 2. The number of aliphatic hydroxyl groups is 3. The molecule has 154 valence electrons. The first-order valence-electron chi connectivity index (χ1n) is 9.14. The zero-order chi connectivity index (χ0) is 21.1. The highest BCUT2D eigenvalue weighted by atomic mass is 19.1. The molecule has 0 bridgehead atoms. The lowest BCUT2D eigenvalue weighted by Gasteiger charge is -2.37. The summed E-state index contributed by atoms with van der Waals surface area (Å²) < 4.78 is 25.0. The largest absolute Gasteiger partial charge is 0.425 e. The lowest BCUT2D eigenvalue weighted by Crippen LogP contribution is -2.44. The third-order valence-electron chi connectivity index (χ3n) is 4.77. The van der Waals surface area contributed by atoms with Crippen LogP contribution in [0.25, 0.3) is 11.1 Å². The molecular weight excluding hydrogens is 379 g/mol. The van der Waals surface area contributed by atoms with Crippen LogP contribution < -0.4 is 0 Å². The SMILES string of the molecule is CC(=N)OC(=N)c1ccc(-c2cccc([C@H]3OC(CO)CC(O)C3O)c2)cc1F. The second-order valence-electron chi connectivity index (χ2n) is 6.96. The molecule has 8 heteroatoms. The van der Waals surface area contributed by atoms with Gasteiger partial charge in [0.05, 0.1) is 24.4 Å². The Balaban J connectivity index is 1.88. The molecule has 0 aromatic heterocycles. The molecule has 2 aromatic carbocycles. The van der Waals surface area contributed by atoms with E-state index in [1.54, 1.807) is 30.3 Å². The number of aliphatic hydroxyl groups excluding tert-OH is 3. The molecule has 2 aromatic rings. The van der Waals surface area contributed by atoms with E-state index in [-0.39, 0.29) is 24.5 Å². The first-order chi connectivity index (χ1) is 13.8. The molecule has 0 aliphatic carbocycles. The van der Waals surface area contributed by atoms with Crippen LogP contribution >= 0.6 is 0 Å². The lowest BCUT2D eigenvalue weighted by atomic mass is 9.91. The molecule has 0 radical (unpaired) electrons. The first kappa shape index (κ1) is 21.1. The highest BCUT2D eigenvalue weighted by Gasteiger charge is 2.37. The van der Waals surface area contributed by atoms with E-state index in [0.29, 0.717) is 16.7 Å². The predicted octanol–water partition coefficient (Wildman–Crippen LogP) is 2.38. The van der Waals surface area contributed by atoms with E-state index in [0.717, 1.165) is 0 Å². The summed E-state index contributed by atoms with van der Waals surface area (Å²) in [7, 11) is 0. The summed E-state index contributed by atoms with van der Waals surface area (Å²) in [5.41, 5.74) is 1.72. The molecule has 1 aliphatic rings. The van der Waals surface area contributed by atoms with Crippen LogP contribution in [0.4, 0.5) is 4.39 Å². The van der Waals surface area contributed by atoms with Crippen LogP contribution in [-0.4, -0.2) is 52.0 Å². The summed E-state index contributed by atoms with van der Waals surface area (Å²) in [5, 5.41) is 44.7. The van der Waals surface area contributed by atoms with Gasteiger partial charge in [-0.3, -0.25) is 10.8 Å². The number of rotatable bonds is 4. The number of hydrogen-bond donors (Lipinski definition) is 5. The van der Waals surface area contributed by atoms with Crippen molar-refractivity contribution in [2.75, 3.05) is 6.61 Å². The van der Waals surface area contributed by atoms with Gasteiger partial charge in [0.25, 0.3) is 0 Å². The molecule has 0 spiro atoms. The fourth-order valence-electron chi connectivity index (χ4n) is 3.33. The van der Waals surface area contributed by atoms with E-state index in [4.69, 9.17) is 20.3 Å². The Hall–Kier alpha value is -2.65. The molecule has 3 unspecified atom stereocenters. The monoisotopic (exact) mass is 402 g/mol. The topological polar surface area (TPSA) is 127 Å². The van der Waals surface area contributed by atoms with E-state index in [1.165, 1.54) is 19.1 Å². The third-order valence-corrected chi connectivity index (χ3v) is 4.77. The molecule has 4 atom stereocenters. The van der Waals surface area contributed by atoms with Crippen molar-refractivity contribution < 1.29 is 29.2 Å². The minimum atomic E-state index is -1.14. The molecule has 0 saturated carbocycles. The molecule has 7 nitrogen and oxygen atoms in total. The molecule has 1 aliphatic heterocycles. The van der Waals surface area contributed by atoms with Gasteiger partial charge in [-0.1, -0.05) is 24.3 Å². The van der Waals surface area contributed by atoms with Crippen LogP contribution in [0.1, 0.15) is 30.6 Å². The van der Waals surface area contributed by atoms with E-state index < -0.39 is 36.1 Å². The number of benzene rings is 2. The van der Waals surface area contributed by atoms with Crippen molar-refractivity contribution in [3.05, 3.63) is 59.4 Å². The molecule has 5 N–H and O–H groups in total. The first-order valence-corrected chi connectivity index (χ1v) is 9.14. The highest BCUT2D eigenvalue weighted by Crippen LogP contribution is 2.34. The van der Waals surface area contributed by atoms with Crippen LogP contribution in [0.2, 0.25) is 0 Å². The van der Waals surface area contributed by atoms with Crippen LogP contribution in [-0.2, 0) is 9.47 Å². The average molecular weight is 402 g/mol. The standard InChI is InChI=1S/C21H23FN2O5/c1-11(23)28-21(24)16-6-5-13(8-17(16)22)12-3-2-4-14(7-12)20-19(27)18(26)9-15(10-25)29-20/h2-8,15,18-20,23-27H,9-10H2,1H3/t15?,18?,19?,20-/m1/s1. The maximum Gasteiger partial charge on any atom is 0.223 e. The van der Waals surface area contributed by atoms with Crippen molar-refractivity contribution >= 4 is 11.8 Å². The van der Waals surface area contributed by atoms with Crippen LogP contribution in [0.3, 0.4) is 0 Å².